The molecule has 0 radical (unpaired) electrons. The van der Waals surface area contributed by atoms with Crippen molar-refractivity contribution in [1.29, 1.82) is 0 Å². The highest BCUT2D eigenvalue weighted by molar-refractivity contribution is 7.35. The maximum Gasteiger partial charge on any atom is 0.505 e. The van der Waals surface area contributed by atoms with Crippen molar-refractivity contribution in [3.63, 3.8) is 0 Å². The lowest BCUT2D eigenvalue weighted by atomic mass is 9.87. The Labute approximate surface area is 254 Å². The third-order valence-corrected chi connectivity index (χ3v) is 11.6. The van der Waals surface area contributed by atoms with E-state index in [1.807, 2.05) is 0 Å². The molecule has 1 unspecified atom stereocenters. The fourth-order valence-electron chi connectivity index (χ4n) is 4.77. The van der Waals surface area contributed by atoms with Crippen molar-refractivity contribution < 1.29 is 28.1 Å². The average Bonchev–Trinajstić information content (AvgIpc) is 3.58. The first-order chi connectivity index (χ1) is 19.0. The quantitative estimate of drug-likeness (QED) is 0.243. The Bertz CT molecular complexity index is 1390. The first-order valence-electron chi connectivity index (χ1n) is 15.0. The van der Waals surface area contributed by atoms with Gasteiger partial charge in [-0.05, 0) is 79.4 Å². The zero-order valence-corrected chi connectivity index (χ0v) is 28.5. The fourth-order valence-corrected chi connectivity index (χ4v) is 7.16. The summed E-state index contributed by atoms with van der Waals surface area (Å²) in [5.74, 6) is 2.38. The van der Waals surface area contributed by atoms with Crippen molar-refractivity contribution in [2.75, 3.05) is 13.2 Å². The van der Waals surface area contributed by atoms with Crippen LogP contribution in [0.15, 0.2) is 12.1 Å². The van der Waals surface area contributed by atoms with Crippen molar-refractivity contribution in [1.82, 2.24) is 0 Å². The van der Waals surface area contributed by atoms with E-state index in [1.54, 1.807) is 22.7 Å². The van der Waals surface area contributed by atoms with Gasteiger partial charge in [0.2, 0.25) is 0 Å². The summed E-state index contributed by atoms with van der Waals surface area (Å²) >= 11 is 3.42. The van der Waals surface area contributed by atoms with Gasteiger partial charge in [-0.3, -0.25) is 0 Å². The molecule has 3 aromatic rings. The topological polar surface area (TPSA) is 55.4 Å². The van der Waals surface area contributed by atoms with E-state index in [9.17, 15) is 0 Å². The van der Waals surface area contributed by atoms with E-state index in [0.717, 1.165) is 47.6 Å². The standard InChI is InChI=1S/C31H46B2O6S2/c1-13-19(4)17-35-25-21-15-23(33-38-30(9,10)31(11,12)39-33)41-27(21)26-20(24(25)34-16-18(2)3)14-22(40-26)32-36-28(5,6)29(7,8)37-32/h14-15,18-19H,13,16-17H2,1-12H3. The molecule has 0 amide bonds. The summed E-state index contributed by atoms with van der Waals surface area (Å²) in [7, 11) is -0.894. The summed E-state index contributed by atoms with van der Waals surface area (Å²) in [4.78, 5) is 0. The predicted octanol–water partition coefficient (Wildman–Crippen LogP) is 7.17. The molecule has 2 fully saturated rings. The van der Waals surface area contributed by atoms with Crippen molar-refractivity contribution in [2.45, 2.75) is 112 Å². The van der Waals surface area contributed by atoms with Crippen LogP contribution in [0.4, 0.5) is 0 Å². The molecule has 2 aliphatic heterocycles. The van der Waals surface area contributed by atoms with Crippen LogP contribution in [0, 0.1) is 11.8 Å². The summed E-state index contributed by atoms with van der Waals surface area (Å²) in [6.45, 7) is 26.7. The van der Waals surface area contributed by atoms with Gasteiger partial charge in [-0.1, -0.05) is 34.1 Å². The Morgan fingerprint density at radius 3 is 1.37 bits per heavy atom. The Morgan fingerprint density at radius 1 is 0.659 bits per heavy atom. The van der Waals surface area contributed by atoms with Crippen molar-refractivity contribution in [3.8, 4) is 11.5 Å². The van der Waals surface area contributed by atoms with Gasteiger partial charge in [0.25, 0.3) is 0 Å². The van der Waals surface area contributed by atoms with Gasteiger partial charge >= 0.3 is 14.2 Å². The summed E-state index contributed by atoms with van der Waals surface area (Å²) in [5.41, 5.74) is -1.68. The van der Waals surface area contributed by atoms with Crippen LogP contribution >= 0.6 is 22.7 Å². The van der Waals surface area contributed by atoms with Crippen LogP contribution in [-0.2, 0) is 18.6 Å². The van der Waals surface area contributed by atoms with E-state index in [0.29, 0.717) is 25.0 Å². The van der Waals surface area contributed by atoms with Gasteiger partial charge in [-0.15, -0.1) is 22.7 Å². The molecule has 4 heterocycles. The normalized spacial score (nSPS) is 21.9. The minimum absolute atomic E-state index is 0.368. The molecule has 1 aromatic carbocycles. The highest BCUT2D eigenvalue weighted by Gasteiger charge is 2.53. The van der Waals surface area contributed by atoms with Gasteiger partial charge in [-0.25, -0.2) is 0 Å². The Kier molecular flexibility index (Phi) is 8.13. The molecule has 2 aromatic heterocycles. The van der Waals surface area contributed by atoms with E-state index in [1.165, 1.54) is 0 Å². The molecule has 0 aliphatic carbocycles. The minimum Gasteiger partial charge on any atom is -0.489 e. The minimum atomic E-state index is -0.447. The van der Waals surface area contributed by atoms with Crippen molar-refractivity contribution >= 4 is 66.6 Å². The second-order valence-electron chi connectivity index (χ2n) is 14.1. The van der Waals surface area contributed by atoms with Gasteiger partial charge < -0.3 is 28.1 Å². The van der Waals surface area contributed by atoms with Crippen LogP contribution in [-0.4, -0.2) is 49.9 Å². The molecule has 2 aliphatic rings. The summed E-state index contributed by atoms with van der Waals surface area (Å²) in [6, 6.07) is 4.37. The lowest BCUT2D eigenvalue weighted by Crippen LogP contribution is -2.41. The molecule has 0 saturated carbocycles. The number of hydrogen-bond donors (Lipinski definition) is 0. The van der Waals surface area contributed by atoms with Crippen LogP contribution in [0.5, 0.6) is 11.5 Å². The summed E-state index contributed by atoms with van der Waals surface area (Å²) < 4.78 is 43.4. The molecular formula is C31H46B2O6S2. The molecule has 10 heteroatoms. The molecule has 41 heavy (non-hydrogen) atoms. The first-order valence-corrected chi connectivity index (χ1v) is 16.6. The number of rotatable bonds is 9. The van der Waals surface area contributed by atoms with Crippen LogP contribution in [0.25, 0.3) is 20.2 Å². The SMILES string of the molecule is CCC(C)COc1c(OCC(C)C)c2cc(B3OC(C)(C)C(C)(C)O3)sc2c2sc(B3OC(C)(C)C(C)(C)O3)cc12. The largest absolute Gasteiger partial charge is 0.505 e. The van der Waals surface area contributed by atoms with E-state index < -0.39 is 36.6 Å². The summed E-state index contributed by atoms with van der Waals surface area (Å²) in [5, 5.41) is 2.07. The van der Waals surface area contributed by atoms with E-state index in [4.69, 9.17) is 28.1 Å². The highest BCUT2D eigenvalue weighted by atomic mass is 32.1. The van der Waals surface area contributed by atoms with E-state index in [2.05, 4.69) is 95.2 Å². The van der Waals surface area contributed by atoms with Gasteiger partial charge in [-0.2, -0.15) is 0 Å². The second kappa shape index (κ2) is 10.7. The third kappa shape index (κ3) is 5.58. The van der Waals surface area contributed by atoms with Crippen molar-refractivity contribution in [3.05, 3.63) is 12.1 Å². The summed E-state index contributed by atoms with van der Waals surface area (Å²) in [6.07, 6.45) is 1.04. The predicted molar refractivity (Wildman–Crippen MR) is 174 cm³/mol. The zero-order chi connectivity index (χ0) is 30.1. The average molecular weight is 600 g/mol. The van der Waals surface area contributed by atoms with E-state index in [-0.39, 0.29) is 0 Å². The van der Waals surface area contributed by atoms with Gasteiger partial charge in [0, 0.05) is 20.3 Å². The first kappa shape index (κ1) is 31.1. The molecule has 1 atom stereocenters. The van der Waals surface area contributed by atoms with E-state index >= 15 is 0 Å². The molecule has 5 rings (SSSR count). The number of ether oxygens (including phenoxy) is 2. The number of fused-ring (bicyclic) bond motifs is 3. The molecule has 2 saturated heterocycles. The molecule has 0 bridgehead atoms. The van der Waals surface area contributed by atoms with Crippen LogP contribution in [0.2, 0.25) is 0 Å². The molecule has 224 valence electrons. The molecule has 0 N–H and O–H groups in total. The van der Waals surface area contributed by atoms with Crippen LogP contribution in [0.3, 0.4) is 0 Å². The maximum absolute atomic E-state index is 6.64. The Morgan fingerprint density at radius 2 is 1.02 bits per heavy atom. The van der Waals surface area contributed by atoms with Crippen LogP contribution < -0.4 is 19.0 Å². The third-order valence-electron chi connectivity index (χ3n) is 9.15. The highest BCUT2D eigenvalue weighted by Crippen LogP contribution is 2.49. The molecule has 6 nitrogen and oxygen atoms in total. The smallest absolute Gasteiger partial charge is 0.489 e. The second-order valence-corrected chi connectivity index (χ2v) is 16.3. The lowest BCUT2D eigenvalue weighted by molar-refractivity contribution is 0.00578. The molecular weight excluding hydrogens is 554 g/mol. The maximum atomic E-state index is 6.64. The van der Waals surface area contributed by atoms with Crippen LogP contribution in [0.1, 0.15) is 89.5 Å². The number of hydrogen-bond acceptors (Lipinski definition) is 8. The fraction of sp³-hybridized carbons (Fsp3) is 0.677. The van der Waals surface area contributed by atoms with Gasteiger partial charge in [0.15, 0.2) is 11.5 Å². The van der Waals surface area contributed by atoms with Gasteiger partial charge in [0.05, 0.1) is 45.0 Å². The van der Waals surface area contributed by atoms with Crippen molar-refractivity contribution in [2.24, 2.45) is 11.8 Å². The Hall–Kier alpha value is -1.29. The zero-order valence-electron chi connectivity index (χ0n) is 26.9. The van der Waals surface area contributed by atoms with Gasteiger partial charge in [0.1, 0.15) is 0 Å². The number of thiophene rings is 2. The lowest BCUT2D eigenvalue weighted by Gasteiger charge is -2.32. The number of benzene rings is 1. The Balaban J connectivity index is 1.69. The molecule has 0 spiro atoms. The monoisotopic (exact) mass is 600 g/mol.